The maximum Gasteiger partial charge on any atom is 0.410 e. The number of aromatic nitrogens is 1. The predicted octanol–water partition coefficient (Wildman–Crippen LogP) is 6.34. The molecule has 10 heteroatoms. The van der Waals surface area contributed by atoms with Gasteiger partial charge in [-0.25, -0.2) is 4.79 Å². The van der Waals surface area contributed by atoms with Gasteiger partial charge in [-0.2, -0.15) is 10.2 Å². The number of nitrogens with zero attached hydrogens (tertiary/aromatic N) is 6. The summed E-state index contributed by atoms with van der Waals surface area (Å²) in [4.78, 5) is 27.7. The number of phenols is 1. The molecule has 4 saturated heterocycles. The zero-order valence-electron chi connectivity index (χ0n) is 30.1. The normalized spacial score (nSPS) is 22.6. The highest BCUT2D eigenvalue weighted by Crippen LogP contribution is 2.44. The van der Waals surface area contributed by atoms with E-state index in [1.54, 1.807) is 12.1 Å². The second-order valence-corrected chi connectivity index (χ2v) is 16.1. The first kappa shape index (κ1) is 33.5. The summed E-state index contributed by atoms with van der Waals surface area (Å²) in [5, 5.41) is 23.4. The number of carbonyl (C=O) groups is 1. The van der Waals surface area contributed by atoms with Crippen molar-refractivity contribution >= 4 is 28.4 Å². The van der Waals surface area contributed by atoms with Crippen LogP contribution in [0.1, 0.15) is 88.0 Å². The summed E-state index contributed by atoms with van der Waals surface area (Å²) < 4.78 is 12.6. The number of hydrogen-bond acceptors (Lipinski definition) is 9. The number of terminal acetylenes is 1. The Balaban J connectivity index is 1.21. The third-order valence-corrected chi connectivity index (χ3v) is 11.8. The number of fused-ring (bicyclic) bond motifs is 5. The maximum atomic E-state index is 13.3. The van der Waals surface area contributed by atoms with Crippen LogP contribution in [0.2, 0.25) is 0 Å². The van der Waals surface area contributed by atoms with Crippen LogP contribution in [0.15, 0.2) is 30.3 Å². The van der Waals surface area contributed by atoms with Gasteiger partial charge in [0.2, 0.25) is 5.88 Å². The molecule has 3 aromatic rings. The summed E-state index contributed by atoms with van der Waals surface area (Å²) in [7, 11) is 0. The lowest BCUT2D eigenvalue weighted by molar-refractivity contribution is 0.0154. The van der Waals surface area contributed by atoms with Crippen LogP contribution in [-0.2, 0) is 17.7 Å². The fraction of sp³-hybridized carbons (Fsp3) is 0.537. The molecule has 1 amide bonds. The molecule has 4 fully saturated rings. The summed E-state index contributed by atoms with van der Waals surface area (Å²) in [6.45, 7) is 10.6. The number of pyridine rings is 1. The molecule has 0 unspecified atom stereocenters. The molecule has 10 nitrogen and oxygen atoms in total. The largest absolute Gasteiger partial charge is 0.508 e. The molecule has 2 bridgehead atoms. The van der Waals surface area contributed by atoms with E-state index in [0.29, 0.717) is 50.7 Å². The van der Waals surface area contributed by atoms with Gasteiger partial charge < -0.3 is 29.3 Å². The zero-order chi connectivity index (χ0) is 35.5. The first-order valence-electron chi connectivity index (χ1n) is 18.6. The molecule has 5 aliphatic rings. The van der Waals surface area contributed by atoms with Gasteiger partial charge in [-0.1, -0.05) is 18.1 Å². The van der Waals surface area contributed by atoms with Gasteiger partial charge in [0.15, 0.2) is 0 Å². The molecular weight excluding hydrogens is 640 g/mol. The number of carbonyl (C=O) groups excluding carboxylic acids is 1. The first-order chi connectivity index (χ1) is 24.6. The van der Waals surface area contributed by atoms with Crippen molar-refractivity contribution in [3.8, 4) is 30.0 Å². The number of aromatic hydroxyl groups is 1. The average molecular weight is 689 g/mol. The molecule has 2 atom stereocenters. The smallest absolute Gasteiger partial charge is 0.410 e. The Hall–Kier alpha value is -4.67. The third-order valence-electron chi connectivity index (χ3n) is 11.8. The SMILES string of the molecule is C#Cc1cccc2cc(O)cc(N3CCc4c(N5[C@@H]6CCC[C@H]5CN(C(=O)OC(C)(C)C)C6)nc(OCC56CCCN5CCC6)c(C#N)c4C3)c12. The monoisotopic (exact) mass is 688 g/mol. The number of likely N-dealkylation sites (tertiary alicyclic amines) is 1. The number of phenolic OH excluding ortho intramolecular Hbond substituents is 1. The summed E-state index contributed by atoms with van der Waals surface area (Å²) in [5.74, 6) is 4.30. The molecule has 8 rings (SSSR count). The van der Waals surface area contributed by atoms with Gasteiger partial charge in [0.1, 0.15) is 35.4 Å². The average Bonchev–Trinajstić information content (AvgIpc) is 3.68. The molecule has 0 spiro atoms. The number of nitriles is 1. The molecule has 2 aromatic carbocycles. The highest BCUT2D eigenvalue weighted by molar-refractivity contribution is 6.00. The van der Waals surface area contributed by atoms with Crippen molar-refractivity contribution in [1.82, 2.24) is 14.8 Å². The molecule has 1 aromatic heterocycles. The third kappa shape index (κ3) is 5.98. The van der Waals surface area contributed by atoms with E-state index in [-0.39, 0.29) is 29.5 Å². The Labute approximate surface area is 300 Å². The van der Waals surface area contributed by atoms with Crippen LogP contribution in [0, 0.1) is 23.7 Å². The second-order valence-electron chi connectivity index (χ2n) is 16.1. The van der Waals surface area contributed by atoms with Gasteiger partial charge in [0, 0.05) is 72.1 Å². The van der Waals surface area contributed by atoms with Crippen molar-refractivity contribution in [2.45, 2.75) is 102 Å². The Bertz CT molecular complexity index is 1930. The minimum atomic E-state index is -0.565. The van der Waals surface area contributed by atoms with Crippen LogP contribution in [-0.4, -0.2) is 88.5 Å². The van der Waals surface area contributed by atoms with E-state index >= 15 is 0 Å². The Kier molecular flexibility index (Phi) is 8.42. The van der Waals surface area contributed by atoms with Crippen LogP contribution in [0.4, 0.5) is 16.3 Å². The molecule has 0 radical (unpaired) electrons. The fourth-order valence-electron chi connectivity index (χ4n) is 9.58. The summed E-state index contributed by atoms with van der Waals surface area (Å²) in [6.07, 6.45) is 13.9. The molecule has 1 N–H and O–H groups in total. The van der Waals surface area contributed by atoms with Crippen molar-refractivity contribution in [1.29, 1.82) is 5.26 Å². The number of rotatable bonds is 5. The highest BCUT2D eigenvalue weighted by Gasteiger charge is 2.46. The van der Waals surface area contributed by atoms with E-state index in [1.807, 2.05) is 43.9 Å². The minimum absolute atomic E-state index is 0.00182. The molecule has 5 aliphatic heterocycles. The van der Waals surface area contributed by atoms with Gasteiger partial charge in [-0.3, -0.25) is 4.90 Å². The van der Waals surface area contributed by atoms with Gasteiger partial charge in [0.05, 0.1) is 5.54 Å². The lowest BCUT2D eigenvalue weighted by atomic mass is 9.88. The van der Waals surface area contributed by atoms with Crippen LogP contribution >= 0.6 is 0 Å². The lowest BCUT2D eigenvalue weighted by Crippen LogP contribution is -2.63. The van der Waals surface area contributed by atoms with Gasteiger partial charge in [-0.15, -0.1) is 6.42 Å². The number of benzene rings is 2. The molecule has 0 aliphatic carbocycles. The Morgan fingerprint density at radius 2 is 1.82 bits per heavy atom. The number of piperazine rings is 1. The number of ether oxygens (including phenoxy) is 2. The number of anilines is 2. The fourth-order valence-corrected chi connectivity index (χ4v) is 9.58. The topological polar surface area (TPSA) is 105 Å². The quantitative estimate of drug-likeness (QED) is 0.308. The van der Waals surface area contributed by atoms with E-state index in [2.05, 4.69) is 26.7 Å². The van der Waals surface area contributed by atoms with Crippen molar-refractivity contribution in [3.63, 3.8) is 0 Å². The maximum absolute atomic E-state index is 13.3. The van der Waals surface area contributed by atoms with Crippen LogP contribution in [0.5, 0.6) is 11.6 Å². The second kappa shape index (κ2) is 12.8. The van der Waals surface area contributed by atoms with Crippen molar-refractivity contribution in [3.05, 3.63) is 52.6 Å². The van der Waals surface area contributed by atoms with E-state index in [4.69, 9.17) is 20.9 Å². The zero-order valence-corrected chi connectivity index (χ0v) is 30.1. The molecule has 51 heavy (non-hydrogen) atoms. The van der Waals surface area contributed by atoms with E-state index in [1.165, 1.54) is 0 Å². The number of hydrogen-bond donors (Lipinski definition) is 1. The molecule has 266 valence electrons. The van der Waals surface area contributed by atoms with Gasteiger partial charge >= 0.3 is 6.09 Å². The van der Waals surface area contributed by atoms with Gasteiger partial charge in [-0.05, 0) is 103 Å². The van der Waals surface area contributed by atoms with Crippen LogP contribution < -0.4 is 14.5 Å². The standard InChI is InChI=1S/C41H48N6O4/c1-5-27-10-6-11-28-20-31(48)21-35(36(27)28)44-19-14-32-34(25-44)33(22-42)38(50-26-41-15-8-17-46(41)18-9-16-41)43-37(32)47-29-12-7-13-30(47)24-45(23-29)39(49)51-40(2,3)4/h1,6,10-11,20-21,29-30,48H,7-9,12-19,23-26H2,2-4H3/t29-,30+. The first-order valence-corrected chi connectivity index (χ1v) is 18.6. The lowest BCUT2D eigenvalue weighted by Gasteiger charge is -2.51. The number of amides is 1. The van der Waals surface area contributed by atoms with Crippen LogP contribution in [0.3, 0.4) is 0 Å². The molecule has 0 saturated carbocycles. The van der Waals surface area contributed by atoms with Crippen molar-refractivity contribution in [2.75, 3.05) is 49.1 Å². The number of piperidine rings is 1. The van der Waals surface area contributed by atoms with E-state index < -0.39 is 5.60 Å². The predicted molar refractivity (Wildman–Crippen MR) is 197 cm³/mol. The summed E-state index contributed by atoms with van der Waals surface area (Å²) >= 11 is 0. The van der Waals surface area contributed by atoms with E-state index in [0.717, 1.165) is 97.0 Å². The summed E-state index contributed by atoms with van der Waals surface area (Å²) in [6, 6.07) is 12.0. The van der Waals surface area contributed by atoms with Crippen LogP contribution in [0.25, 0.3) is 10.8 Å². The van der Waals surface area contributed by atoms with E-state index in [9.17, 15) is 15.2 Å². The van der Waals surface area contributed by atoms with Gasteiger partial charge in [0.25, 0.3) is 0 Å². The molecule has 6 heterocycles. The van der Waals surface area contributed by atoms with Crippen molar-refractivity contribution < 1.29 is 19.4 Å². The summed E-state index contributed by atoms with van der Waals surface area (Å²) in [5.41, 5.74) is 3.52. The highest BCUT2D eigenvalue weighted by atomic mass is 16.6. The van der Waals surface area contributed by atoms with Crippen molar-refractivity contribution in [2.24, 2.45) is 0 Å². The Morgan fingerprint density at radius 1 is 1.08 bits per heavy atom. The minimum Gasteiger partial charge on any atom is -0.508 e. The Morgan fingerprint density at radius 3 is 2.51 bits per heavy atom. The molecular formula is C41H48N6O4.